The van der Waals surface area contributed by atoms with Crippen molar-refractivity contribution in [3.63, 3.8) is 0 Å². The number of ether oxygens (including phenoxy) is 1. The molecule has 0 fully saturated rings. The summed E-state index contributed by atoms with van der Waals surface area (Å²) < 4.78 is 5.74. The van der Waals surface area contributed by atoms with Gasteiger partial charge in [-0.2, -0.15) is 0 Å². The Bertz CT molecular complexity index is 1670. The largest absolute Gasteiger partial charge is 0.386 e. The number of rotatable bonds is 8. The Kier molecular flexibility index (Phi) is 11.0. The van der Waals surface area contributed by atoms with Crippen LogP contribution in [0.25, 0.3) is 22.3 Å². The number of pyridine rings is 2. The van der Waals surface area contributed by atoms with Crippen LogP contribution in [0, 0.1) is 24.7 Å². The first-order valence-electron chi connectivity index (χ1n) is 15.7. The van der Waals surface area contributed by atoms with Gasteiger partial charge in [-0.3, -0.25) is 9.97 Å². The number of benzene rings is 2. The first-order chi connectivity index (χ1) is 21.9. The predicted molar refractivity (Wildman–Crippen MR) is 191 cm³/mol. The molecule has 248 valence electrons. The van der Waals surface area contributed by atoms with Gasteiger partial charge in [0, 0.05) is 45.6 Å². The van der Waals surface area contributed by atoms with Gasteiger partial charge in [-0.25, -0.2) is 9.59 Å². The number of hydrogen-bond donors (Lipinski definition) is 2. The van der Waals surface area contributed by atoms with E-state index < -0.39 is 11.9 Å². The van der Waals surface area contributed by atoms with Crippen molar-refractivity contribution < 1.29 is 14.3 Å². The molecule has 0 aliphatic rings. The first kappa shape index (κ1) is 36.2. The molecule has 4 rings (SSSR count). The third kappa shape index (κ3) is 8.46. The Hall–Kier alpha value is -3.62. The zero-order valence-electron chi connectivity index (χ0n) is 28.5. The van der Waals surface area contributed by atoms with Crippen molar-refractivity contribution in [1.82, 2.24) is 9.97 Å². The lowest BCUT2D eigenvalue weighted by Gasteiger charge is -2.24. The van der Waals surface area contributed by atoms with Crippen molar-refractivity contribution in [3.8, 4) is 22.3 Å². The molecule has 0 saturated carbocycles. The Morgan fingerprint density at radius 2 is 0.957 bits per heavy atom. The van der Waals surface area contributed by atoms with Crippen molar-refractivity contribution in [2.75, 3.05) is 0 Å². The second kappa shape index (κ2) is 14.2. The second-order valence-corrected chi connectivity index (χ2v) is 15.2. The van der Waals surface area contributed by atoms with Gasteiger partial charge in [0.2, 0.25) is 0 Å². The summed E-state index contributed by atoms with van der Waals surface area (Å²) in [6.07, 6.45) is 1.26. The van der Waals surface area contributed by atoms with Gasteiger partial charge in [-0.05, 0) is 84.0 Å². The lowest BCUT2D eigenvalue weighted by Crippen LogP contribution is -2.23. The van der Waals surface area contributed by atoms with Crippen molar-refractivity contribution in [1.29, 1.82) is 0 Å². The van der Waals surface area contributed by atoms with E-state index in [0.717, 1.165) is 11.4 Å². The molecule has 7 nitrogen and oxygen atoms in total. The molecule has 2 aromatic heterocycles. The average molecular weight is 676 g/mol. The molecular formula is C38H44Cl2N4O3. The molecule has 4 N–H and O–H groups in total. The minimum atomic E-state index is -0.837. The number of nitrogens with two attached hydrogens (primary N) is 2. The van der Waals surface area contributed by atoms with E-state index in [-0.39, 0.29) is 35.0 Å². The van der Waals surface area contributed by atoms with Crippen LogP contribution < -0.4 is 11.5 Å². The van der Waals surface area contributed by atoms with Crippen LogP contribution in [0.3, 0.4) is 0 Å². The second-order valence-electron chi connectivity index (χ2n) is 14.3. The smallest absolute Gasteiger partial charge is 0.348 e. The Morgan fingerprint density at radius 1 is 0.638 bits per heavy atom. The van der Waals surface area contributed by atoms with Gasteiger partial charge < -0.3 is 16.2 Å². The lowest BCUT2D eigenvalue weighted by molar-refractivity contribution is 0.0397. The molecule has 9 heteroatoms. The zero-order valence-corrected chi connectivity index (χ0v) is 30.0. The van der Waals surface area contributed by atoms with E-state index in [1.165, 1.54) is 0 Å². The minimum Gasteiger partial charge on any atom is -0.386 e. The maximum Gasteiger partial charge on any atom is 0.348 e. The molecule has 2 heterocycles. The van der Waals surface area contributed by atoms with E-state index in [4.69, 9.17) is 49.4 Å². The maximum absolute atomic E-state index is 14.2. The number of carbonyl (C=O) groups excluding carboxylic acids is 2. The number of hydrogen-bond acceptors (Lipinski definition) is 7. The van der Waals surface area contributed by atoms with Gasteiger partial charge in [0.05, 0.1) is 22.5 Å². The standard InChI is InChI=1S/C38H44Cl2N4O3/c1-21-31(33(23-9-13-25(39)14-10-23)27(19-41)29(43-21)17-37(3,4)5)35(45)47-36(46)32-22(2)44-30(18-38(6,7)8)28(20-42)34(32)24-11-15-26(40)16-12-24/h9-16H,17-20,41-42H2,1-8H3. The molecule has 0 amide bonds. The summed E-state index contributed by atoms with van der Waals surface area (Å²) in [6, 6.07) is 14.3. The first-order valence-corrected chi connectivity index (χ1v) is 16.4. The lowest BCUT2D eigenvalue weighted by atomic mass is 9.85. The zero-order chi connectivity index (χ0) is 34.8. The summed E-state index contributed by atoms with van der Waals surface area (Å²) in [5.74, 6) is -1.67. The maximum atomic E-state index is 14.2. The van der Waals surface area contributed by atoms with E-state index in [2.05, 4.69) is 41.5 Å². The highest BCUT2D eigenvalue weighted by atomic mass is 35.5. The molecule has 47 heavy (non-hydrogen) atoms. The van der Waals surface area contributed by atoms with E-state index in [0.29, 0.717) is 67.7 Å². The van der Waals surface area contributed by atoms with Crippen LogP contribution in [-0.4, -0.2) is 21.9 Å². The van der Waals surface area contributed by atoms with Crippen molar-refractivity contribution in [2.24, 2.45) is 22.3 Å². The molecule has 0 atom stereocenters. The number of aromatic nitrogens is 2. The van der Waals surface area contributed by atoms with E-state index in [9.17, 15) is 9.59 Å². The third-order valence-corrected chi connectivity index (χ3v) is 8.30. The number of aryl methyl sites for hydroxylation is 2. The summed E-state index contributed by atoms with van der Waals surface area (Å²) in [5.41, 5.74) is 19.3. The van der Waals surface area contributed by atoms with Gasteiger partial charge >= 0.3 is 11.9 Å². The molecular weight excluding hydrogens is 631 g/mol. The highest BCUT2D eigenvalue weighted by molar-refractivity contribution is 6.31. The van der Waals surface area contributed by atoms with Crippen molar-refractivity contribution >= 4 is 35.1 Å². The van der Waals surface area contributed by atoms with Gasteiger partial charge in [0.25, 0.3) is 0 Å². The molecule has 4 aromatic rings. The van der Waals surface area contributed by atoms with E-state index in [1.54, 1.807) is 38.1 Å². The van der Waals surface area contributed by atoms with Crippen LogP contribution in [0.2, 0.25) is 10.0 Å². The third-order valence-electron chi connectivity index (χ3n) is 7.79. The molecule has 0 unspecified atom stereocenters. The van der Waals surface area contributed by atoms with Crippen LogP contribution >= 0.6 is 23.2 Å². The summed E-state index contributed by atoms with van der Waals surface area (Å²) in [5, 5.41) is 1.10. The molecule has 0 radical (unpaired) electrons. The average Bonchev–Trinajstić information content (AvgIpc) is 2.95. The quantitative estimate of drug-likeness (QED) is 0.141. The predicted octanol–water partition coefficient (Wildman–Crippen LogP) is 8.83. The topological polar surface area (TPSA) is 121 Å². The van der Waals surface area contributed by atoms with Crippen LogP contribution in [0.1, 0.15) is 96.2 Å². The summed E-state index contributed by atoms with van der Waals surface area (Å²) in [4.78, 5) is 38.0. The molecule has 0 aliphatic heterocycles. The van der Waals surface area contributed by atoms with Crippen molar-refractivity contribution in [2.45, 2.75) is 81.3 Å². The molecule has 0 spiro atoms. The van der Waals surface area contributed by atoms with Crippen molar-refractivity contribution in [3.05, 3.63) is 104 Å². The Balaban J connectivity index is 1.91. The van der Waals surface area contributed by atoms with E-state index >= 15 is 0 Å². The molecule has 0 bridgehead atoms. The number of halogens is 2. The summed E-state index contributed by atoms with van der Waals surface area (Å²) in [6.45, 7) is 16.4. The monoisotopic (exact) mass is 674 g/mol. The van der Waals surface area contributed by atoms with Crippen LogP contribution in [0.4, 0.5) is 0 Å². The van der Waals surface area contributed by atoms with Gasteiger partial charge in [-0.15, -0.1) is 0 Å². The Labute approximate surface area is 288 Å². The SMILES string of the molecule is Cc1nc(CC(C)(C)C)c(CN)c(-c2ccc(Cl)cc2)c1C(=O)OC(=O)c1c(C)nc(CC(C)(C)C)c(CN)c1-c1ccc(Cl)cc1. The molecule has 0 aliphatic carbocycles. The number of carbonyl (C=O) groups is 2. The van der Waals surface area contributed by atoms with Gasteiger partial charge in [-0.1, -0.05) is 89.0 Å². The van der Waals surface area contributed by atoms with Crippen LogP contribution in [0.5, 0.6) is 0 Å². The fourth-order valence-corrected chi connectivity index (χ4v) is 6.15. The minimum absolute atomic E-state index is 0.0962. The van der Waals surface area contributed by atoms with Gasteiger partial charge in [0.15, 0.2) is 0 Å². The summed E-state index contributed by atoms with van der Waals surface area (Å²) in [7, 11) is 0. The van der Waals surface area contributed by atoms with E-state index in [1.807, 2.05) is 24.3 Å². The molecule has 2 aromatic carbocycles. The summed E-state index contributed by atoms with van der Waals surface area (Å²) >= 11 is 12.5. The normalized spacial score (nSPS) is 11.9. The van der Waals surface area contributed by atoms with Crippen LogP contribution in [-0.2, 0) is 30.7 Å². The Morgan fingerprint density at radius 3 is 1.23 bits per heavy atom. The fraction of sp³-hybridized carbons (Fsp3) is 0.368. The van der Waals surface area contributed by atoms with Crippen LogP contribution in [0.15, 0.2) is 48.5 Å². The number of esters is 2. The number of nitrogens with zero attached hydrogens (tertiary/aromatic N) is 2. The highest BCUT2D eigenvalue weighted by Crippen LogP contribution is 2.37. The fourth-order valence-electron chi connectivity index (χ4n) is 5.90. The van der Waals surface area contributed by atoms with Gasteiger partial charge in [0.1, 0.15) is 0 Å². The molecule has 0 saturated heterocycles. The highest BCUT2D eigenvalue weighted by Gasteiger charge is 2.31.